The molecule has 0 aromatic carbocycles. The van der Waals surface area contributed by atoms with Crippen molar-refractivity contribution in [3.05, 3.63) is 0 Å². The van der Waals surface area contributed by atoms with Crippen molar-refractivity contribution in [2.24, 2.45) is 0 Å². The Labute approximate surface area is 84.4 Å². The zero-order chi connectivity index (χ0) is 8.69. The number of carbonyl (C=O) groups excluding carboxylic acids is 1. The van der Waals surface area contributed by atoms with Gasteiger partial charge >= 0.3 is 5.97 Å². The Bertz CT molecular complexity index is 122. The summed E-state index contributed by atoms with van der Waals surface area (Å²) in [5, 5.41) is 0. The van der Waals surface area contributed by atoms with Gasteiger partial charge in [-0.3, -0.25) is 4.79 Å². The second-order valence-electron chi connectivity index (χ2n) is 2.47. The summed E-state index contributed by atoms with van der Waals surface area (Å²) < 4.78 is 4.49. The molecule has 0 heterocycles. The number of hydrogen-bond donors (Lipinski definition) is 1. The van der Waals surface area contributed by atoms with Crippen molar-refractivity contribution in [2.75, 3.05) is 33.1 Å². The van der Waals surface area contributed by atoms with Crippen LogP contribution in [0.25, 0.3) is 0 Å². The Morgan fingerprint density at radius 1 is 1.50 bits per heavy atom. The fourth-order valence-corrected chi connectivity index (χ4v) is 1.03. The van der Waals surface area contributed by atoms with Gasteiger partial charge in [-0.1, -0.05) is 0 Å². The average molecular weight is 216 g/mol. The van der Waals surface area contributed by atoms with Crippen LogP contribution in [0.15, 0.2) is 0 Å². The van der Waals surface area contributed by atoms with Gasteiger partial charge in [0.15, 0.2) is 0 Å². The highest BCUT2D eigenvalue weighted by Crippen LogP contribution is 1.77. The van der Waals surface area contributed by atoms with Crippen molar-refractivity contribution in [3.8, 4) is 0 Å². The zero-order valence-electron chi connectivity index (χ0n) is 7.40. The van der Waals surface area contributed by atoms with Crippen LogP contribution in [0.2, 0.25) is 0 Å². The number of halogens is 2. The molecule has 0 radical (unpaired) electrons. The minimum absolute atomic E-state index is 0. The molecule has 74 valence electrons. The van der Waals surface area contributed by atoms with Gasteiger partial charge in [0.25, 0.3) is 0 Å². The highest BCUT2D eigenvalue weighted by atomic mass is 35.5. The number of nitrogens with one attached hydrogen (secondary N) is 1. The van der Waals surface area contributed by atoms with Crippen molar-refractivity contribution in [1.29, 1.82) is 0 Å². The quantitative estimate of drug-likeness (QED) is 0.379. The first-order valence-corrected chi connectivity index (χ1v) is 4.18. The van der Waals surface area contributed by atoms with E-state index in [4.69, 9.17) is 11.6 Å². The lowest BCUT2D eigenvalue weighted by Gasteiger charge is -2.10. The fraction of sp³-hybridized carbons (Fsp3) is 0.857. The molecule has 0 spiro atoms. The van der Waals surface area contributed by atoms with E-state index in [0.717, 1.165) is 13.1 Å². The summed E-state index contributed by atoms with van der Waals surface area (Å²) in [6.07, 6.45) is 0.471. The molecule has 3 nitrogen and oxygen atoms in total. The van der Waals surface area contributed by atoms with Crippen LogP contribution in [0.1, 0.15) is 6.42 Å². The summed E-state index contributed by atoms with van der Waals surface area (Å²) in [4.78, 5) is 11.9. The monoisotopic (exact) mass is 215 g/mol. The average Bonchev–Trinajstić information content (AvgIpc) is 2.01. The smallest absolute Gasteiger partial charge is 0.311 e. The summed E-state index contributed by atoms with van der Waals surface area (Å²) in [7, 11) is 3.41. The Hall–Kier alpha value is 0.01000. The van der Waals surface area contributed by atoms with E-state index in [0.29, 0.717) is 12.3 Å². The van der Waals surface area contributed by atoms with Crippen LogP contribution in [-0.2, 0) is 9.53 Å². The van der Waals surface area contributed by atoms with E-state index in [1.807, 2.05) is 7.05 Å². The molecule has 1 N–H and O–H groups in total. The molecule has 0 saturated heterocycles. The van der Waals surface area contributed by atoms with E-state index in [1.54, 1.807) is 0 Å². The van der Waals surface area contributed by atoms with Gasteiger partial charge in [-0.25, -0.2) is 0 Å². The van der Waals surface area contributed by atoms with E-state index in [-0.39, 0.29) is 18.4 Å². The molecule has 0 aromatic heterocycles. The molecule has 5 heteroatoms. The Balaban J connectivity index is 0. The van der Waals surface area contributed by atoms with Crippen LogP contribution in [0.5, 0.6) is 0 Å². The molecule has 0 aliphatic heterocycles. The van der Waals surface area contributed by atoms with Crippen LogP contribution >= 0.6 is 11.6 Å². The molecular weight excluding hydrogens is 201 g/mol. The topological polar surface area (TPSA) is 30.7 Å². The predicted molar refractivity (Wildman–Crippen MR) is 44.0 cm³/mol. The molecule has 0 saturated carbocycles. The molecule has 0 rings (SSSR count). The van der Waals surface area contributed by atoms with Gasteiger partial charge in [-0.05, 0) is 0 Å². The molecule has 12 heavy (non-hydrogen) atoms. The summed E-state index contributed by atoms with van der Waals surface area (Å²) in [5.41, 5.74) is 0. The number of quaternary nitrogens is 1. The maximum absolute atomic E-state index is 10.7. The molecule has 1 unspecified atom stereocenters. The molecule has 0 bridgehead atoms. The van der Waals surface area contributed by atoms with Gasteiger partial charge in [0.05, 0.1) is 39.5 Å². The second kappa shape index (κ2) is 9.10. The third-order valence-electron chi connectivity index (χ3n) is 1.50. The molecule has 1 atom stereocenters. The molecule has 0 fully saturated rings. The van der Waals surface area contributed by atoms with Crippen LogP contribution in [0.4, 0.5) is 0 Å². The van der Waals surface area contributed by atoms with E-state index in [2.05, 4.69) is 4.74 Å². The Kier molecular flexibility index (Phi) is 11.0. The highest BCUT2D eigenvalue weighted by Gasteiger charge is 2.05. The summed E-state index contributed by atoms with van der Waals surface area (Å²) in [5.74, 6) is 0.478. The van der Waals surface area contributed by atoms with Crippen molar-refractivity contribution in [1.82, 2.24) is 0 Å². The number of esters is 1. The van der Waals surface area contributed by atoms with Crippen molar-refractivity contribution >= 4 is 17.6 Å². The predicted octanol–water partition coefficient (Wildman–Crippen LogP) is -3.69. The largest absolute Gasteiger partial charge is 1.00 e. The van der Waals surface area contributed by atoms with Crippen LogP contribution in [-0.4, -0.2) is 39.1 Å². The molecule has 0 amide bonds. The first-order chi connectivity index (χ1) is 5.20. The Morgan fingerprint density at radius 3 is 2.50 bits per heavy atom. The van der Waals surface area contributed by atoms with Crippen LogP contribution in [0.3, 0.4) is 0 Å². The minimum Gasteiger partial charge on any atom is -1.00 e. The number of alkyl halides is 1. The van der Waals surface area contributed by atoms with Crippen molar-refractivity contribution < 1.29 is 26.8 Å². The highest BCUT2D eigenvalue weighted by molar-refractivity contribution is 6.17. The number of ether oxygens (including phenoxy) is 1. The fourth-order valence-electron chi connectivity index (χ4n) is 0.704. The normalized spacial score (nSPS) is 11.6. The number of hydrogen-bond acceptors (Lipinski definition) is 2. The summed E-state index contributed by atoms with van der Waals surface area (Å²) >= 11 is 5.51. The van der Waals surface area contributed by atoms with Gasteiger partial charge in [0.2, 0.25) is 0 Å². The van der Waals surface area contributed by atoms with Crippen molar-refractivity contribution in [3.63, 3.8) is 0 Å². The van der Waals surface area contributed by atoms with Gasteiger partial charge in [0, 0.05) is 0 Å². The number of carbonyl (C=O) groups is 1. The van der Waals surface area contributed by atoms with Gasteiger partial charge in [-0.2, -0.15) is 0 Å². The molecule has 0 aliphatic rings. The van der Waals surface area contributed by atoms with Gasteiger partial charge < -0.3 is 22.0 Å². The second-order valence-corrected chi connectivity index (χ2v) is 2.85. The molecule has 0 aromatic rings. The van der Waals surface area contributed by atoms with E-state index < -0.39 is 0 Å². The van der Waals surface area contributed by atoms with Crippen LogP contribution < -0.4 is 17.3 Å². The van der Waals surface area contributed by atoms with Crippen molar-refractivity contribution in [2.45, 2.75) is 6.42 Å². The van der Waals surface area contributed by atoms with E-state index in [9.17, 15) is 4.79 Å². The van der Waals surface area contributed by atoms with E-state index >= 15 is 0 Å². The first-order valence-electron chi connectivity index (χ1n) is 3.64. The zero-order valence-corrected chi connectivity index (χ0v) is 8.91. The molecular formula is C7H15Cl2NO2. The van der Waals surface area contributed by atoms with Crippen LogP contribution in [0, 0.1) is 0 Å². The summed E-state index contributed by atoms with van der Waals surface area (Å²) in [6.45, 7) is 1.68. The maximum Gasteiger partial charge on any atom is 0.311 e. The van der Waals surface area contributed by atoms with Gasteiger partial charge in [0.1, 0.15) is 0 Å². The molecule has 0 aliphatic carbocycles. The van der Waals surface area contributed by atoms with Gasteiger partial charge in [-0.15, -0.1) is 11.6 Å². The van der Waals surface area contributed by atoms with E-state index in [1.165, 1.54) is 12.0 Å². The lowest BCUT2D eigenvalue weighted by atomic mass is 10.4. The third kappa shape index (κ3) is 8.11. The maximum atomic E-state index is 10.7. The third-order valence-corrected chi connectivity index (χ3v) is 1.69. The standard InChI is InChI=1S/C7H14ClNO2.ClH/c1-9(6-4-8)5-3-7(10)11-2;/h3-6H2,1-2H3;1H. The SMILES string of the molecule is COC(=O)CC[NH+](C)CCCl.[Cl-]. The number of methoxy groups -OCH3 is 1. The Morgan fingerprint density at radius 2 is 2.08 bits per heavy atom. The first kappa shape index (κ1) is 14.5. The lowest BCUT2D eigenvalue weighted by Crippen LogP contribution is -3.09. The minimum atomic E-state index is -0.154. The number of rotatable bonds is 5. The summed E-state index contributed by atoms with van der Waals surface area (Å²) in [6, 6.07) is 0. The lowest BCUT2D eigenvalue weighted by molar-refractivity contribution is -0.876.